The van der Waals surface area contributed by atoms with Crippen molar-refractivity contribution in [2.45, 2.75) is 6.92 Å². The van der Waals surface area contributed by atoms with Gasteiger partial charge in [-0.2, -0.15) is 0 Å². The highest BCUT2D eigenvalue weighted by atomic mass is 32.1. The van der Waals surface area contributed by atoms with Gasteiger partial charge in [0.2, 0.25) is 0 Å². The molecule has 0 unspecified atom stereocenters. The summed E-state index contributed by atoms with van der Waals surface area (Å²) in [7, 11) is 0. The van der Waals surface area contributed by atoms with Gasteiger partial charge in [-0.1, -0.05) is 0 Å². The summed E-state index contributed by atoms with van der Waals surface area (Å²) >= 11 is 4.49. The molecule has 0 heterocycles. The molecular formula is C4H10N4S. The summed E-state index contributed by atoms with van der Waals surface area (Å²) in [6.45, 7) is 2.50. The van der Waals surface area contributed by atoms with Crippen LogP contribution in [-0.4, -0.2) is 17.6 Å². The third-order valence-electron chi connectivity index (χ3n) is 0.580. The maximum atomic E-state index is 5.26. The van der Waals surface area contributed by atoms with E-state index in [4.69, 9.17) is 11.5 Å². The van der Waals surface area contributed by atoms with Crippen LogP contribution in [0.4, 0.5) is 0 Å². The van der Waals surface area contributed by atoms with E-state index in [1.807, 2.05) is 6.92 Å². The largest absolute Gasteiger partial charge is 0.376 e. The van der Waals surface area contributed by atoms with Crippen LogP contribution in [0.2, 0.25) is 0 Å². The molecule has 0 spiro atoms. The summed E-state index contributed by atoms with van der Waals surface area (Å²) in [4.78, 5) is 3.78. The zero-order valence-corrected chi connectivity index (χ0v) is 6.03. The van der Waals surface area contributed by atoms with Crippen molar-refractivity contribution in [2.24, 2.45) is 16.5 Å². The van der Waals surface area contributed by atoms with Crippen LogP contribution in [0.5, 0.6) is 0 Å². The van der Waals surface area contributed by atoms with E-state index in [1.54, 1.807) is 0 Å². The van der Waals surface area contributed by atoms with Crippen molar-refractivity contribution < 1.29 is 0 Å². The summed E-state index contributed by atoms with van der Waals surface area (Å²) in [6.07, 6.45) is 0. The van der Waals surface area contributed by atoms with Gasteiger partial charge in [-0.25, -0.2) is 0 Å². The Balaban J connectivity index is 3.62. The van der Waals surface area contributed by atoms with Crippen LogP contribution in [0.3, 0.4) is 0 Å². The molecule has 4 nitrogen and oxygen atoms in total. The Morgan fingerprint density at radius 1 is 1.67 bits per heavy atom. The second-order valence-electron chi connectivity index (χ2n) is 1.35. The highest BCUT2D eigenvalue weighted by molar-refractivity contribution is 7.80. The molecule has 0 saturated heterocycles. The van der Waals surface area contributed by atoms with E-state index >= 15 is 0 Å². The fourth-order valence-corrected chi connectivity index (χ4v) is 0.441. The number of hydrogen-bond donors (Lipinski definition) is 3. The van der Waals surface area contributed by atoms with Crippen molar-refractivity contribution in [1.29, 1.82) is 0 Å². The van der Waals surface area contributed by atoms with Crippen LogP contribution in [-0.2, 0) is 0 Å². The second kappa shape index (κ2) is 4.08. The minimum atomic E-state index is 0.143. The summed E-state index contributed by atoms with van der Waals surface area (Å²) < 4.78 is 0. The molecule has 0 amide bonds. The number of nitrogens with two attached hydrogens (primary N) is 2. The average molecular weight is 146 g/mol. The summed E-state index contributed by atoms with van der Waals surface area (Å²) in [6, 6.07) is 0. The lowest BCUT2D eigenvalue weighted by molar-refractivity contribution is 1.09. The molecule has 5 N–H and O–H groups in total. The highest BCUT2D eigenvalue weighted by Gasteiger charge is 1.87. The number of hydrogen-bond acceptors (Lipinski definition) is 2. The molecule has 0 aliphatic rings. The van der Waals surface area contributed by atoms with E-state index in [2.05, 4.69) is 22.5 Å². The van der Waals surface area contributed by atoms with Crippen LogP contribution >= 0.6 is 12.2 Å². The molecule has 5 heteroatoms. The van der Waals surface area contributed by atoms with E-state index < -0.39 is 0 Å². The van der Waals surface area contributed by atoms with Gasteiger partial charge in [-0.05, 0) is 19.1 Å². The first kappa shape index (κ1) is 8.16. The molecule has 9 heavy (non-hydrogen) atoms. The maximum Gasteiger partial charge on any atom is 0.194 e. The number of aliphatic imine (C=N–C) groups is 1. The monoisotopic (exact) mass is 146 g/mol. The Labute approximate surface area is 59.3 Å². The number of rotatable bonds is 1. The van der Waals surface area contributed by atoms with Crippen LogP contribution in [0.25, 0.3) is 0 Å². The molecule has 0 aliphatic carbocycles. The van der Waals surface area contributed by atoms with Gasteiger partial charge < -0.3 is 16.8 Å². The van der Waals surface area contributed by atoms with Gasteiger partial charge in [0.25, 0.3) is 0 Å². The second-order valence-corrected chi connectivity index (χ2v) is 1.79. The van der Waals surface area contributed by atoms with Crippen molar-refractivity contribution in [3.63, 3.8) is 0 Å². The number of thiocarbonyl (C=S) groups is 1. The topological polar surface area (TPSA) is 76.4 Å². The molecular weight excluding hydrogens is 136 g/mol. The Bertz CT molecular complexity index is 131. The fraction of sp³-hybridized carbons (Fsp3) is 0.500. The lowest BCUT2D eigenvalue weighted by Gasteiger charge is -1.99. The van der Waals surface area contributed by atoms with E-state index in [0.717, 1.165) is 0 Å². The van der Waals surface area contributed by atoms with E-state index in [9.17, 15) is 0 Å². The van der Waals surface area contributed by atoms with Gasteiger partial charge in [0, 0.05) is 6.54 Å². The molecule has 0 atom stereocenters. The first-order chi connectivity index (χ1) is 4.16. The predicted octanol–water partition coefficient (Wildman–Crippen LogP) is -0.846. The van der Waals surface area contributed by atoms with Gasteiger partial charge in [-0.15, -0.1) is 0 Å². The van der Waals surface area contributed by atoms with E-state index in [-0.39, 0.29) is 11.1 Å². The maximum absolute atomic E-state index is 5.26. The predicted molar refractivity (Wildman–Crippen MR) is 42.1 cm³/mol. The molecule has 0 rings (SSSR count). The molecule has 0 aromatic heterocycles. The quantitative estimate of drug-likeness (QED) is 0.256. The first-order valence-electron chi connectivity index (χ1n) is 2.53. The van der Waals surface area contributed by atoms with Gasteiger partial charge >= 0.3 is 0 Å². The van der Waals surface area contributed by atoms with Gasteiger partial charge in [0.15, 0.2) is 11.1 Å². The van der Waals surface area contributed by atoms with Gasteiger partial charge in [-0.3, -0.25) is 4.99 Å². The van der Waals surface area contributed by atoms with Gasteiger partial charge in [0.05, 0.1) is 0 Å². The van der Waals surface area contributed by atoms with E-state index in [0.29, 0.717) is 6.54 Å². The third kappa shape index (κ3) is 5.02. The molecule has 0 aromatic rings. The lowest BCUT2D eigenvalue weighted by Crippen LogP contribution is -2.40. The molecule has 52 valence electrons. The zero-order valence-electron chi connectivity index (χ0n) is 5.22. The summed E-state index contributed by atoms with van der Waals surface area (Å²) in [5, 5.41) is 2.62. The van der Waals surface area contributed by atoms with Gasteiger partial charge in [0.1, 0.15) is 0 Å². The van der Waals surface area contributed by atoms with Crippen molar-refractivity contribution >= 4 is 23.3 Å². The van der Waals surface area contributed by atoms with Crippen molar-refractivity contribution in [2.75, 3.05) is 6.54 Å². The molecule has 0 aliphatic heterocycles. The van der Waals surface area contributed by atoms with Crippen molar-refractivity contribution in [3.05, 3.63) is 0 Å². The molecule has 0 aromatic carbocycles. The first-order valence-corrected chi connectivity index (χ1v) is 2.94. The normalized spacial score (nSPS) is 11.0. The molecule has 0 saturated carbocycles. The Morgan fingerprint density at radius 3 is 2.56 bits per heavy atom. The molecule has 0 fully saturated rings. The Morgan fingerprint density at radius 2 is 2.22 bits per heavy atom. The highest BCUT2D eigenvalue weighted by Crippen LogP contribution is 1.65. The summed E-state index contributed by atoms with van der Waals surface area (Å²) in [5.41, 5.74) is 10.3. The number of nitrogens with zero attached hydrogens (tertiary/aromatic N) is 1. The van der Waals surface area contributed by atoms with Crippen LogP contribution in [0, 0.1) is 0 Å². The van der Waals surface area contributed by atoms with Crippen molar-refractivity contribution in [3.8, 4) is 0 Å². The number of guanidine groups is 1. The molecule has 0 bridgehead atoms. The van der Waals surface area contributed by atoms with Crippen LogP contribution in [0.1, 0.15) is 6.92 Å². The summed E-state index contributed by atoms with van der Waals surface area (Å²) in [5.74, 6) is 0.269. The third-order valence-corrected chi connectivity index (χ3v) is 0.682. The SMILES string of the molecule is CCN=C(N)NC(N)=S. The Kier molecular flexibility index (Phi) is 3.70. The molecule has 0 radical (unpaired) electrons. The van der Waals surface area contributed by atoms with Crippen LogP contribution in [0.15, 0.2) is 4.99 Å². The van der Waals surface area contributed by atoms with E-state index in [1.165, 1.54) is 0 Å². The Hall–Kier alpha value is -0.840. The fourth-order valence-electron chi connectivity index (χ4n) is 0.336. The zero-order chi connectivity index (χ0) is 7.28. The number of nitrogens with one attached hydrogen (secondary N) is 1. The smallest absolute Gasteiger partial charge is 0.194 e. The minimum Gasteiger partial charge on any atom is -0.376 e. The minimum absolute atomic E-state index is 0.143. The standard InChI is InChI=1S/C4H10N4S/c1-2-7-3(5)8-4(6)9/h2H2,1H3,(H5,5,6,7,8,9). The average Bonchev–Trinajstić information content (AvgIpc) is 1.63. The van der Waals surface area contributed by atoms with Crippen LogP contribution < -0.4 is 16.8 Å². The lowest BCUT2D eigenvalue weighted by atomic mass is 10.8. The van der Waals surface area contributed by atoms with Crippen molar-refractivity contribution in [1.82, 2.24) is 5.32 Å².